The van der Waals surface area contributed by atoms with Gasteiger partial charge in [0.15, 0.2) is 0 Å². The van der Waals surface area contributed by atoms with Gasteiger partial charge < -0.3 is 28.5 Å². The number of phenols is 1. The molecule has 2 aromatic carbocycles. The third-order valence-corrected chi connectivity index (χ3v) is 3.17. The minimum absolute atomic E-state index is 0. The Morgan fingerprint density at radius 1 is 1.08 bits per heavy atom. The molecule has 0 aliphatic carbocycles. The average Bonchev–Trinajstić information content (AvgIpc) is 2.57. The van der Waals surface area contributed by atoms with Crippen molar-refractivity contribution in [2.75, 3.05) is 0 Å². The molecule has 1 heterocycles. The fourth-order valence-corrected chi connectivity index (χ4v) is 2.02. The van der Waals surface area contributed by atoms with Gasteiger partial charge in [0.2, 0.25) is 0 Å². The van der Waals surface area contributed by atoms with Crippen molar-refractivity contribution in [3.63, 3.8) is 0 Å². The molecule has 0 saturated heterocycles. The number of nitrogens with zero attached hydrogens (tertiary/aromatic N) is 1. The molecule has 0 saturated carbocycles. The molecule has 1 N–H and O–H groups in total. The van der Waals surface area contributed by atoms with E-state index in [0.717, 1.165) is 11.1 Å². The zero-order valence-electron chi connectivity index (χ0n) is 13.8. The van der Waals surface area contributed by atoms with Gasteiger partial charge in [0.25, 0.3) is 0 Å². The molecular formula is C19H15ClNNaO3-2. The van der Waals surface area contributed by atoms with Crippen LogP contribution in [0.25, 0.3) is 10.9 Å². The van der Waals surface area contributed by atoms with Crippen molar-refractivity contribution < 1.29 is 44.2 Å². The van der Waals surface area contributed by atoms with E-state index in [2.05, 4.69) is 18.8 Å². The first-order valence-corrected chi connectivity index (χ1v) is 7.42. The Bertz CT molecular complexity index is 823. The number of para-hydroxylation sites is 1. The molecule has 6 heteroatoms. The van der Waals surface area contributed by atoms with Gasteiger partial charge in [-0.15, -0.1) is 6.07 Å². The minimum Gasteiger partial charge on any atom is -0.553 e. The summed E-state index contributed by atoms with van der Waals surface area (Å²) in [4.78, 5) is 14.2. The maximum absolute atomic E-state index is 10.3. The fraction of sp³-hybridized carbons (Fsp3) is 0.0526. The number of hydrogen-bond acceptors (Lipinski definition) is 4. The van der Waals surface area contributed by atoms with E-state index < -0.39 is 0 Å². The van der Waals surface area contributed by atoms with Crippen LogP contribution in [-0.4, -0.2) is 22.5 Å². The Kier molecular flexibility index (Phi) is 8.93. The van der Waals surface area contributed by atoms with Gasteiger partial charge in [-0.25, -0.2) is 0 Å². The van der Waals surface area contributed by atoms with Crippen LogP contribution < -0.4 is 34.3 Å². The van der Waals surface area contributed by atoms with Gasteiger partial charge in [0.05, 0.1) is 0 Å². The van der Waals surface area contributed by atoms with Crippen molar-refractivity contribution >= 4 is 28.8 Å². The summed E-state index contributed by atoms with van der Waals surface area (Å²) in [7, 11) is 0. The molecule has 3 aromatic rings. The second-order valence-electron chi connectivity index (χ2n) is 4.84. The molecule has 0 radical (unpaired) electrons. The number of ether oxygens (including phenoxy) is 1. The first-order valence-electron chi connectivity index (χ1n) is 7.05. The number of carbonyl (C=O) groups excluding carboxylic acids is 1. The van der Waals surface area contributed by atoms with Gasteiger partial charge in [-0.2, -0.15) is 12.2 Å². The van der Waals surface area contributed by atoms with Crippen LogP contribution in [0.2, 0.25) is 5.02 Å². The van der Waals surface area contributed by atoms with Crippen LogP contribution in [0.15, 0.2) is 54.6 Å². The average molecular weight is 364 g/mol. The van der Waals surface area contributed by atoms with E-state index in [1.165, 1.54) is 6.07 Å². The summed E-state index contributed by atoms with van der Waals surface area (Å²) in [6.07, 6.45) is 1.39. The van der Waals surface area contributed by atoms with Gasteiger partial charge in [0.1, 0.15) is 17.0 Å². The summed E-state index contributed by atoms with van der Waals surface area (Å²) in [5, 5.41) is 10.9. The van der Waals surface area contributed by atoms with Crippen LogP contribution in [0, 0.1) is 13.8 Å². The normalized spacial score (nSPS) is 9.76. The Morgan fingerprint density at radius 2 is 1.76 bits per heavy atom. The molecule has 0 amide bonds. The van der Waals surface area contributed by atoms with Gasteiger partial charge >= 0.3 is 29.6 Å². The number of rotatable bonds is 3. The third-order valence-electron chi connectivity index (χ3n) is 2.92. The second kappa shape index (κ2) is 10.4. The Morgan fingerprint density at radius 3 is 2.36 bits per heavy atom. The third kappa shape index (κ3) is 6.67. The standard InChI is InChI=1S/C10H6NO2.C9H9ClO.Na/c12-6-8-5-4-7-2-1-3-9(13)10(7)11-8;1-7(2)11-9-5-3-8(10)4-6-9;/h1-5,13H;3-7H,1-2H2;/q-1;-2;+1. The van der Waals surface area contributed by atoms with E-state index in [1.807, 2.05) is 6.07 Å². The summed E-state index contributed by atoms with van der Waals surface area (Å²) in [5.74, 6) is 0.819. The topological polar surface area (TPSA) is 59.4 Å². The van der Waals surface area contributed by atoms with Crippen LogP contribution >= 0.6 is 11.6 Å². The number of aromatic hydroxyl groups is 1. The molecule has 0 aliphatic rings. The first-order chi connectivity index (χ1) is 11.5. The number of phenolic OH excluding ortho intramolecular Hbond substituents is 1. The van der Waals surface area contributed by atoms with E-state index in [9.17, 15) is 9.90 Å². The summed E-state index contributed by atoms with van der Waals surface area (Å²) in [6.45, 7) is 7.18. The number of aromatic nitrogens is 1. The van der Waals surface area contributed by atoms with Crippen molar-refractivity contribution in [1.82, 2.24) is 4.98 Å². The van der Waals surface area contributed by atoms with Crippen LogP contribution in [0.4, 0.5) is 0 Å². The van der Waals surface area contributed by atoms with Crippen molar-refractivity contribution in [3.8, 4) is 11.5 Å². The molecule has 0 unspecified atom stereocenters. The second-order valence-corrected chi connectivity index (χ2v) is 5.28. The first kappa shape index (κ1) is 21.5. The SMILES string of the molecule is O=[C-]c1ccc2cccc(O)c2n1.[CH2-]C([CH2-])Oc1ccc(Cl)cc1.[Na+]. The van der Waals surface area contributed by atoms with Crippen LogP contribution in [-0.2, 0) is 4.79 Å². The zero-order valence-corrected chi connectivity index (χ0v) is 16.5. The van der Waals surface area contributed by atoms with Gasteiger partial charge in [-0.05, 0) is 35.7 Å². The molecule has 0 spiro atoms. The monoisotopic (exact) mass is 363 g/mol. The van der Waals surface area contributed by atoms with E-state index in [0.29, 0.717) is 10.5 Å². The molecule has 4 nitrogen and oxygen atoms in total. The van der Waals surface area contributed by atoms with Crippen LogP contribution in [0.5, 0.6) is 11.5 Å². The summed E-state index contributed by atoms with van der Waals surface area (Å²) in [5.41, 5.74) is 0.636. The molecule has 124 valence electrons. The molecule has 25 heavy (non-hydrogen) atoms. The molecule has 3 rings (SSSR count). The number of benzene rings is 2. The number of halogens is 1. The number of hydrogen-bond donors (Lipinski definition) is 1. The molecule has 0 atom stereocenters. The van der Waals surface area contributed by atoms with E-state index in [1.54, 1.807) is 48.8 Å². The van der Waals surface area contributed by atoms with Gasteiger partial charge in [0, 0.05) is 11.3 Å². The van der Waals surface area contributed by atoms with Gasteiger partial charge in [-0.1, -0.05) is 29.4 Å². The largest absolute Gasteiger partial charge is 1.00 e. The Hall–Kier alpha value is -1.59. The summed E-state index contributed by atoms with van der Waals surface area (Å²) >= 11 is 5.66. The van der Waals surface area contributed by atoms with Crippen LogP contribution in [0.1, 0.15) is 5.69 Å². The smallest absolute Gasteiger partial charge is 0.553 e. The number of fused-ring (bicyclic) bond motifs is 1. The van der Waals surface area contributed by atoms with Gasteiger partial charge in [-0.3, -0.25) is 4.98 Å². The van der Waals surface area contributed by atoms with Crippen molar-refractivity contribution in [3.05, 3.63) is 79.2 Å². The fourth-order valence-electron chi connectivity index (χ4n) is 1.89. The van der Waals surface area contributed by atoms with E-state index >= 15 is 0 Å². The maximum Gasteiger partial charge on any atom is 1.00 e. The van der Waals surface area contributed by atoms with E-state index in [4.69, 9.17) is 16.3 Å². The Labute approximate surface area is 174 Å². The molecule has 0 bridgehead atoms. The minimum atomic E-state index is -0.281. The van der Waals surface area contributed by atoms with Crippen molar-refractivity contribution in [2.45, 2.75) is 6.10 Å². The van der Waals surface area contributed by atoms with Crippen LogP contribution in [0.3, 0.4) is 0 Å². The predicted octanol–water partition coefficient (Wildman–Crippen LogP) is 1.16. The molecule has 1 aromatic heterocycles. The van der Waals surface area contributed by atoms with Crippen molar-refractivity contribution in [2.24, 2.45) is 0 Å². The number of pyridine rings is 1. The van der Waals surface area contributed by atoms with Crippen molar-refractivity contribution in [1.29, 1.82) is 0 Å². The Balaban J connectivity index is 0.000000244. The summed E-state index contributed by atoms with van der Waals surface area (Å²) < 4.78 is 5.19. The summed E-state index contributed by atoms with van der Waals surface area (Å²) in [6, 6.07) is 15.5. The van der Waals surface area contributed by atoms with E-state index in [-0.39, 0.29) is 47.1 Å². The zero-order chi connectivity index (χ0) is 17.5. The predicted molar refractivity (Wildman–Crippen MR) is 94.8 cm³/mol. The molecule has 0 fully saturated rings. The molecular weight excluding hydrogens is 349 g/mol. The quantitative estimate of drug-likeness (QED) is 0.560. The molecule has 0 aliphatic heterocycles. The maximum atomic E-state index is 10.3.